The first-order valence-electron chi connectivity index (χ1n) is 13.3. The molecule has 0 aliphatic rings. The fourth-order valence-electron chi connectivity index (χ4n) is 4.41. The molecule has 0 fully saturated rings. The van der Waals surface area contributed by atoms with Crippen molar-refractivity contribution in [2.24, 2.45) is 0 Å². The maximum absolute atomic E-state index is 13.2. The van der Waals surface area contributed by atoms with Gasteiger partial charge in [0.25, 0.3) is 0 Å². The lowest BCUT2D eigenvalue weighted by Gasteiger charge is -2.10. The maximum Gasteiger partial charge on any atom is 0.206 e. The molecule has 0 aromatic heterocycles. The van der Waals surface area contributed by atoms with E-state index in [0.717, 1.165) is 24.0 Å². The summed E-state index contributed by atoms with van der Waals surface area (Å²) in [5.41, 5.74) is 4.48. The molecule has 0 aliphatic carbocycles. The highest BCUT2D eigenvalue weighted by Gasteiger charge is 2.19. The largest absolute Gasteiger partial charge is 0.457 e. The third-order valence-corrected chi connectivity index (χ3v) is 10.5. The van der Waals surface area contributed by atoms with Gasteiger partial charge in [-0.3, -0.25) is 0 Å². The van der Waals surface area contributed by atoms with Gasteiger partial charge in [0.15, 0.2) is 0 Å². The van der Waals surface area contributed by atoms with Gasteiger partial charge in [0, 0.05) is 0 Å². The molecule has 7 heteroatoms. The van der Waals surface area contributed by atoms with Crippen LogP contribution in [0, 0.1) is 6.92 Å². The van der Waals surface area contributed by atoms with E-state index in [9.17, 15) is 16.8 Å². The summed E-state index contributed by atoms with van der Waals surface area (Å²) in [4.78, 5) is 0.773. The van der Waals surface area contributed by atoms with E-state index in [1.54, 1.807) is 60.7 Å². The fourth-order valence-corrected chi connectivity index (χ4v) is 6.94. The topological polar surface area (TPSA) is 77.5 Å². The summed E-state index contributed by atoms with van der Waals surface area (Å²) >= 11 is 0. The van der Waals surface area contributed by atoms with E-state index in [1.165, 1.54) is 35.4 Å². The number of hydrogen-bond acceptors (Lipinski definition) is 5. The second kappa shape index (κ2) is 11.7. The molecule has 0 spiro atoms. The zero-order valence-corrected chi connectivity index (χ0v) is 24.5. The summed E-state index contributed by atoms with van der Waals surface area (Å²) in [7, 11) is -7.34. The van der Waals surface area contributed by atoms with Crippen molar-refractivity contribution in [1.29, 1.82) is 0 Å². The van der Waals surface area contributed by atoms with Crippen LogP contribution in [0.4, 0.5) is 0 Å². The molecule has 5 aromatic rings. The van der Waals surface area contributed by atoms with Gasteiger partial charge in [-0.25, -0.2) is 16.8 Å². The maximum atomic E-state index is 13.2. The van der Waals surface area contributed by atoms with Crippen LogP contribution >= 0.6 is 0 Å². The Morgan fingerprint density at radius 1 is 0.463 bits per heavy atom. The summed E-state index contributed by atoms with van der Waals surface area (Å²) in [6, 6.07) is 34.4. The van der Waals surface area contributed by atoms with Crippen LogP contribution in [0.2, 0.25) is 0 Å². The fraction of sp³-hybridized carbons (Fsp3) is 0.118. The predicted molar refractivity (Wildman–Crippen MR) is 160 cm³/mol. The Bertz CT molecular complexity index is 1840. The Morgan fingerprint density at radius 3 is 1.17 bits per heavy atom. The number of aryl methyl sites for hydroxylation is 2. The van der Waals surface area contributed by atoms with Crippen LogP contribution in [0.5, 0.6) is 11.5 Å². The van der Waals surface area contributed by atoms with Gasteiger partial charge in [-0.2, -0.15) is 0 Å². The van der Waals surface area contributed by atoms with Crippen molar-refractivity contribution in [2.45, 2.75) is 46.3 Å². The van der Waals surface area contributed by atoms with Gasteiger partial charge in [0.05, 0.1) is 19.6 Å². The summed E-state index contributed by atoms with van der Waals surface area (Å²) in [6.45, 7) is 4.02. The normalized spacial score (nSPS) is 11.8. The summed E-state index contributed by atoms with van der Waals surface area (Å²) in [5.74, 6) is 0.867. The number of hydrogen-bond donors (Lipinski definition) is 0. The molecule has 0 unspecified atom stereocenters. The van der Waals surface area contributed by atoms with Crippen LogP contribution in [0.3, 0.4) is 0 Å². The lowest BCUT2D eigenvalue weighted by Crippen LogP contribution is -2.02. The van der Waals surface area contributed by atoms with Crippen molar-refractivity contribution in [3.63, 3.8) is 0 Å². The molecule has 5 nitrogen and oxygen atoms in total. The molecule has 41 heavy (non-hydrogen) atoms. The van der Waals surface area contributed by atoms with E-state index in [2.05, 4.69) is 31.2 Å². The van der Waals surface area contributed by atoms with Crippen molar-refractivity contribution >= 4 is 19.7 Å². The third kappa shape index (κ3) is 6.42. The molecule has 5 aromatic carbocycles. The van der Waals surface area contributed by atoms with E-state index < -0.39 is 19.7 Å². The average Bonchev–Trinajstić information content (AvgIpc) is 2.99. The van der Waals surface area contributed by atoms with Crippen molar-refractivity contribution < 1.29 is 21.6 Å². The van der Waals surface area contributed by atoms with Gasteiger partial charge in [-0.15, -0.1) is 0 Å². The van der Waals surface area contributed by atoms with Crippen molar-refractivity contribution in [3.8, 4) is 11.5 Å². The SMILES string of the molecule is CCc1ccc(Cc2ccc(S(=O)(=O)c3ccc(Oc4ccc(S(=O)(=O)c5ccc(C)cc5)cc4)cc3)cc2)cc1. The van der Waals surface area contributed by atoms with E-state index in [-0.39, 0.29) is 19.6 Å². The minimum absolute atomic E-state index is 0.160. The Hall–Kier alpha value is -4.20. The molecule has 0 N–H and O–H groups in total. The molecule has 0 heterocycles. The monoisotopic (exact) mass is 582 g/mol. The van der Waals surface area contributed by atoms with Crippen LogP contribution in [0.1, 0.15) is 29.2 Å². The molecule has 0 saturated carbocycles. The van der Waals surface area contributed by atoms with Gasteiger partial charge < -0.3 is 4.74 Å². The minimum Gasteiger partial charge on any atom is -0.457 e. The lowest BCUT2D eigenvalue weighted by molar-refractivity contribution is 0.481. The molecule has 5 rings (SSSR count). The molecule has 0 radical (unpaired) electrons. The van der Waals surface area contributed by atoms with Crippen LogP contribution in [-0.4, -0.2) is 16.8 Å². The Kier molecular flexibility index (Phi) is 8.10. The molecular weight excluding hydrogens is 553 g/mol. The van der Waals surface area contributed by atoms with E-state index in [0.29, 0.717) is 11.5 Å². The lowest BCUT2D eigenvalue weighted by atomic mass is 10.0. The van der Waals surface area contributed by atoms with Crippen LogP contribution in [0.25, 0.3) is 0 Å². The number of rotatable bonds is 9. The minimum atomic E-state index is -3.70. The summed E-state index contributed by atoms with van der Waals surface area (Å²) in [6.07, 6.45) is 1.73. The van der Waals surface area contributed by atoms with Crippen LogP contribution < -0.4 is 4.74 Å². The second-order valence-electron chi connectivity index (χ2n) is 9.86. The van der Waals surface area contributed by atoms with Crippen LogP contribution in [-0.2, 0) is 32.5 Å². The zero-order chi connectivity index (χ0) is 29.0. The first kappa shape index (κ1) is 28.3. The zero-order valence-electron chi connectivity index (χ0n) is 22.8. The Labute approximate surface area is 241 Å². The predicted octanol–water partition coefficient (Wildman–Crippen LogP) is 7.61. The highest BCUT2D eigenvalue weighted by molar-refractivity contribution is 7.91. The smallest absolute Gasteiger partial charge is 0.206 e. The molecule has 0 atom stereocenters. The third-order valence-electron chi connectivity index (χ3n) is 6.91. The first-order valence-corrected chi connectivity index (χ1v) is 16.2. The van der Waals surface area contributed by atoms with Crippen molar-refractivity contribution in [1.82, 2.24) is 0 Å². The van der Waals surface area contributed by atoms with Gasteiger partial charge >= 0.3 is 0 Å². The van der Waals surface area contributed by atoms with Crippen LogP contribution in [0.15, 0.2) is 141 Å². The first-order chi connectivity index (χ1) is 19.6. The van der Waals surface area contributed by atoms with Gasteiger partial charge in [0.2, 0.25) is 19.7 Å². The highest BCUT2D eigenvalue weighted by Crippen LogP contribution is 2.28. The molecule has 0 amide bonds. The van der Waals surface area contributed by atoms with E-state index in [1.807, 2.05) is 19.1 Å². The molecule has 0 bridgehead atoms. The average molecular weight is 583 g/mol. The quantitative estimate of drug-likeness (QED) is 0.179. The number of sulfone groups is 2. The summed E-state index contributed by atoms with van der Waals surface area (Å²) in [5, 5.41) is 0. The van der Waals surface area contributed by atoms with Gasteiger partial charge in [-0.1, -0.05) is 61.0 Å². The number of ether oxygens (including phenoxy) is 1. The molecular formula is C34H30O5S2. The van der Waals surface area contributed by atoms with Crippen molar-refractivity contribution in [3.05, 3.63) is 144 Å². The second-order valence-corrected chi connectivity index (χ2v) is 13.8. The molecule has 0 saturated heterocycles. The molecule has 0 aliphatic heterocycles. The van der Waals surface area contributed by atoms with Crippen molar-refractivity contribution in [2.75, 3.05) is 0 Å². The summed E-state index contributed by atoms with van der Waals surface area (Å²) < 4.78 is 58.0. The standard InChI is InChI=1S/C34H30O5S2/c1-3-26-6-8-27(9-7-26)24-28-10-18-32(19-11-28)41(37,38)34-22-14-30(15-23-34)39-29-12-20-33(21-13-29)40(35,36)31-16-4-25(2)5-17-31/h4-23H,3,24H2,1-2H3. The van der Waals surface area contributed by atoms with E-state index in [4.69, 9.17) is 4.74 Å². The Morgan fingerprint density at radius 2 is 0.780 bits per heavy atom. The Balaban J connectivity index is 1.25. The number of benzene rings is 5. The molecule has 208 valence electrons. The highest BCUT2D eigenvalue weighted by atomic mass is 32.2. The van der Waals surface area contributed by atoms with Gasteiger partial charge in [0.1, 0.15) is 11.5 Å². The van der Waals surface area contributed by atoms with E-state index >= 15 is 0 Å². The van der Waals surface area contributed by atoms with Gasteiger partial charge in [-0.05, 0) is 109 Å².